The minimum Gasteiger partial charge on any atom is -0.542 e. The van der Waals surface area contributed by atoms with Gasteiger partial charge in [0.25, 0.3) is 0 Å². The van der Waals surface area contributed by atoms with Crippen molar-refractivity contribution in [2.75, 3.05) is 23.7 Å². The predicted molar refractivity (Wildman–Crippen MR) is 150 cm³/mol. The van der Waals surface area contributed by atoms with Crippen LogP contribution in [0.25, 0.3) is 0 Å². The zero-order valence-corrected chi connectivity index (χ0v) is 23.1. The number of alkyl halides is 3. The van der Waals surface area contributed by atoms with Crippen molar-refractivity contribution >= 4 is 35.1 Å². The Bertz CT molecular complexity index is 1350. The van der Waals surface area contributed by atoms with E-state index in [1.807, 2.05) is 71.6 Å². The van der Waals surface area contributed by atoms with Gasteiger partial charge in [-0.3, -0.25) is 0 Å². The molecule has 4 amide bonds. The topological polar surface area (TPSA) is 153 Å². The number of phenols is 1. The first-order chi connectivity index (χ1) is 20.5. The number of benzene rings is 3. The second kappa shape index (κ2) is 13.5. The number of nitrogens with zero attached hydrogens (tertiary/aromatic N) is 2. The van der Waals surface area contributed by atoms with Gasteiger partial charge < -0.3 is 41.2 Å². The molecule has 5 rings (SSSR count). The summed E-state index contributed by atoms with van der Waals surface area (Å²) < 4.78 is 31.5. The van der Waals surface area contributed by atoms with E-state index in [1.54, 1.807) is 11.0 Å². The second-order valence-corrected chi connectivity index (χ2v) is 10.2. The van der Waals surface area contributed by atoms with Crippen molar-refractivity contribution in [3.63, 3.8) is 0 Å². The van der Waals surface area contributed by atoms with Crippen molar-refractivity contribution < 1.29 is 43.5 Å². The van der Waals surface area contributed by atoms with Crippen LogP contribution in [0.15, 0.2) is 72.8 Å². The number of carboxylic acid groups (broad SMARTS) is 1. The number of anilines is 2. The summed E-state index contributed by atoms with van der Waals surface area (Å²) >= 11 is 0. The van der Waals surface area contributed by atoms with E-state index in [9.17, 15) is 27.9 Å². The lowest BCUT2D eigenvalue weighted by molar-refractivity contribution is -0.344. The molecular weight excluding hydrogens is 567 g/mol. The van der Waals surface area contributed by atoms with Gasteiger partial charge in [0.1, 0.15) is 17.4 Å². The molecule has 2 unspecified atom stereocenters. The van der Waals surface area contributed by atoms with Gasteiger partial charge in [-0.25, -0.2) is 9.59 Å². The Balaban J connectivity index is 0.000000541. The van der Waals surface area contributed by atoms with E-state index < -0.39 is 12.1 Å². The summed E-state index contributed by atoms with van der Waals surface area (Å²) in [6.07, 6.45) is -1.88. The lowest BCUT2D eigenvalue weighted by atomic mass is 9.95. The van der Waals surface area contributed by atoms with Crippen molar-refractivity contribution in [2.45, 2.75) is 43.9 Å². The van der Waals surface area contributed by atoms with Gasteiger partial charge in [0, 0.05) is 41.7 Å². The van der Waals surface area contributed by atoms with Crippen LogP contribution in [-0.4, -0.2) is 52.2 Å². The second-order valence-electron chi connectivity index (χ2n) is 10.2. The number of carbonyl (C=O) groups is 3. The molecule has 2 saturated heterocycles. The molecule has 0 radical (unpaired) electrons. The first-order valence-corrected chi connectivity index (χ1v) is 13.7. The van der Waals surface area contributed by atoms with Crippen LogP contribution in [-0.2, 0) is 4.79 Å². The summed E-state index contributed by atoms with van der Waals surface area (Å²) in [6, 6.07) is 21.7. The molecule has 6 N–H and O–H groups in total. The fraction of sp³-hybridized carbons (Fsp3) is 0.300. The zero-order chi connectivity index (χ0) is 31.1. The molecular formula is C30H32F3N5O5. The van der Waals surface area contributed by atoms with Crippen molar-refractivity contribution in [1.29, 1.82) is 0 Å². The minimum absolute atomic E-state index is 0.131. The molecule has 0 aliphatic carbocycles. The number of hydrogen-bond acceptors (Lipinski definition) is 5. The van der Waals surface area contributed by atoms with Crippen molar-refractivity contribution in [2.24, 2.45) is 0 Å². The maximum atomic E-state index is 13.1. The first kappa shape index (κ1) is 31.2. The molecule has 2 fully saturated rings. The smallest absolute Gasteiger partial charge is 0.430 e. The Morgan fingerprint density at radius 3 is 1.63 bits per heavy atom. The number of hydrogen-bond donors (Lipinski definition) is 4. The summed E-state index contributed by atoms with van der Waals surface area (Å²) in [5, 5.41) is 25.6. The summed E-state index contributed by atoms with van der Waals surface area (Å²) in [7, 11) is 0. The van der Waals surface area contributed by atoms with Gasteiger partial charge in [-0.2, -0.15) is 13.2 Å². The molecule has 43 heavy (non-hydrogen) atoms. The van der Waals surface area contributed by atoms with Crippen LogP contribution < -0.4 is 21.5 Å². The molecule has 0 aromatic heterocycles. The van der Waals surface area contributed by atoms with E-state index in [-0.39, 0.29) is 29.9 Å². The van der Waals surface area contributed by atoms with E-state index in [2.05, 4.69) is 16.4 Å². The highest BCUT2D eigenvalue weighted by Gasteiger charge is 2.36. The third-order valence-corrected chi connectivity index (χ3v) is 7.32. The van der Waals surface area contributed by atoms with Crippen LogP contribution >= 0.6 is 0 Å². The number of aliphatic carboxylic acids is 1. The predicted octanol–water partition coefficient (Wildman–Crippen LogP) is 4.30. The van der Waals surface area contributed by atoms with Gasteiger partial charge >= 0.3 is 18.2 Å². The number of phenolic OH excluding ortho intramolecular Hbond substituents is 1. The van der Waals surface area contributed by atoms with Crippen LogP contribution in [0.5, 0.6) is 5.75 Å². The fourth-order valence-corrected chi connectivity index (χ4v) is 5.34. The number of quaternary nitrogens is 1. The molecule has 0 spiro atoms. The molecule has 3 aromatic rings. The number of carboxylic acids is 1. The monoisotopic (exact) mass is 599 g/mol. The van der Waals surface area contributed by atoms with Crippen LogP contribution in [0.1, 0.15) is 48.9 Å². The lowest BCUT2D eigenvalue weighted by Gasteiger charge is -2.29. The normalized spacial score (nSPS) is 18.0. The molecule has 13 heteroatoms. The summed E-state index contributed by atoms with van der Waals surface area (Å²) in [5.74, 6) is -2.88. The van der Waals surface area contributed by atoms with Crippen LogP contribution in [0.4, 0.5) is 39.8 Å². The summed E-state index contributed by atoms with van der Waals surface area (Å²) in [4.78, 5) is 38.6. The molecule has 0 bridgehead atoms. The first-order valence-electron chi connectivity index (χ1n) is 13.7. The Kier molecular flexibility index (Phi) is 9.76. The molecule has 3 aromatic carbocycles. The number of nitrogens with one attached hydrogen (secondary N) is 2. The summed E-state index contributed by atoms with van der Waals surface area (Å²) in [5.41, 5.74) is 7.97. The van der Waals surface area contributed by atoms with Gasteiger partial charge in [-0.05, 0) is 56.0 Å². The minimum atomic E-state index is -5.19. The Hall–Kier alpha value is -4.78. The highest BCUT2D eigenvalue weighted by molar-refractivity contribution is 5.90. The van der Waals surface area contributed by atoms with Crippen molar-refractivity contribution in [3.8, 4) is 5.75 Å². The van der Waals surface area contributed by atoms with E-state index in [0.29, 0.717) is 24.3 Å². The molecule has 0 saturated carbocycles. The van der Waals surface area contributed by atoms with Crippen molar-refractivity contribution in [3.05, 3.63) is 83.9 Å². The number of carbonyl (C=O) groups excluding carboxylic acids is 3. The Morgan fingerprint density at radius 2 is 1.21 bits per heavy atom. The molecule has 228 valence electrons. The summed E-state index contributed by atoms with van der Waals surface area (Å²) in [6.45, 7) is 1.26. The standard InChI is InChI=1S/C28H31N5O3.C2HF3O2/c29-23-18-26(34)22(25-14-8-16-33(25)28(36)31-20-11-5-2-6-12-20)17-21(23)24-13-7-15-32(24)27(35)30-19-9-3-1-4-10-19;3-2(4,5)1(6)7/h1-6,9-12,17-18,24-25,34H,7-8,13-16,29H2,(H,30,35)(H,31,36);(H,6,7). The molecule has 2 heterocycles. The Morgan fingerprint density at radius 1 is 0.791 bits per heavy atom. The van der Waals surface area contributed by atoms with Crippen molar-refractivity contribution in [1.82, 2.24) is 9.80 Å². The average Bonchev–Trinajstić information content (AvgIpc) is 3.65. The highest BCUT2D eigenvalue weighted by atomic mass is 19.4. The molecule has 2 atom stereocenters. The Labute approximate surface area is 245 Å². The average molecular weight is 600 g/mol. The zero-order valence-electron chi connectivity index (χ0n) is 23.1. The maximum absolute atomic E-state index is 13.1. The van der Waals surface area contributed by atoms with Gasteiger partial charge in [-0.1, -0.05) is 36.4 Å². The molecule has 2 aliphatic rings. The van der Waals surface area contributed by atoms with E-state index >= 15 is 0 Å². The lowest BCUT2D eigenvalue weighted by Crippen LogP contribution is -2.43. The number of likely N-dealkylation sites (tertiary alicyclic amines) is 2. The van der Waals surface area contributed by atoms with Gasteiger partial charge in [0.05, 0.1) is 12.1 Å². The third kappa shape index (κ3) is 7.74. The molecule has 2 aliphatic heterocycles. The SMILES string of the molecule is O=C([O-])C(F)(F)F.[NH3+]c1cc(O)c(C2CCCN2C(=O)Nc2ccccc2)cc1C1CCCN1C(=O)Nc1ccccc1. The van der Waals surface area contributed by atoms with Crippen LogP contribution in [0.2, 0.25) is 0 Å². The fourth-order valence-electron chi connectivity index (χ4n) is 5.34. The van der Waals surface area contributed by atoms with Crippen LogP contribution in [0, 0.1) is 0 Å². The highest BCUT2D eigenvalue weighted by Crippen LogP contribution is 2.43. The quantitative estimate of drug-likeness (QED) is 0.352. The number of halogens is 3. The van der Waals surface area contributed by atoms with E-state index in [0.717, 1.165) is 42.6 Å². The third-order valence-electron chi connectivity index (χ3n) is 7.32. The largest absolute Gasteiger partial charge is 0.542 e. The number of amides is 4. The van der Waals surface area contributed by atoms with Gasteiger partial charge in [0.15, 0.2) is 0 Å². The number of aromatic hydroxyl groups is 1. The number of rotatable bonds is 4. The number of para-hydroxylation sites is 2. The van der Waals surface area contributed by atoms with E-state index in [4.69, 9.17) is 9.90 Å². The van der Waals surface area contributed by atoms with Crippen LogP contribution in [0.3, 0.4) is 0 Å². The van der Waals surface area contributed by atoms with E-state index in [1.165, 1.54) is 0 Å². The maximum Gasteiger partial charge on any atom is 0.430 e. The van der Waals surface area contributed by atoms with Gasteiger partial charge in [0.2, 0.25) is 0 Å². The number of urea groups is 2. The van der Waals surface area contributed by atoms with Gasteiger partial charge in [-0.15, -0.1) is 0 Å². The molecule has 10 nitrogen and oxygen atoms in total.